The van der Waals surface area contributed by atoms with Gasteiger partial charge >= 0.3 is 0 Å². The Hall–Kier alpha value is -2.97. The van der Waals surface area contributed by atoms with Gasteiger partial charge < -0.3 is 21.5 Å². The number of benzene rings is 1. The highest BCUT2D eigenvalue weighted by Gasteiger charge is 2.29. The van der Waals surface area contributed by atoms with Crippen LogP contribution in [0.3, 0.4) is 0 Å². The molecule has 33 heavy (non-hydrogen) atoms. The number of phenols is 1. The van der Waals surface area contributed by atoms with E-state index in [-0.39, 0.29) is 5.75 Å². The molecule has 8 nitrogen and oxygen atoms in total. The Bertz CT molecular complexity index is 1080. The SMILES string of the molecule is NCC1CCC(N2CCC(n3cc(-c4cc(-c5ccccc5O)nnc4N)cn3)CC2)CC1. The number of likely N-dealkylation sites (tertiary alicyclic amines) is 1. The van der Waals surface area contributed by atoms with Gasteiger partial charge in [-0.1, -0.05) is 12.1 Å². The minimum Gasteiger partial charge on any atom is -0.507 e. The number of anilines is 1. The van der Waals surface area contributed by atoms with E-state index in [1.54, 1.807) is 12.1 Å². The van der Waals surface area contributed by atoms with Crippen LogP contribution in [0.25, 0.3) is 22.4 Å². The molecular formula is C25H33N7O. The smallest absolute Gasteiger partial charge is 0.154 e. The molecule has 0 bridgehead atoms. The molecule has 1 saturated carbocycles. The maximum atomic E-state index is 10.2. The van der Waals surface area contributed by atoms with Crippen LogP contribution in [0.2, 0.25) is 0 Å². The molecule has 0 spiro atoms. The second-order valence-electron chi connectivity index (χ2n) is 9.43. The van der Waals surface area contributed by atoms with Gasteiger partial charge in [0.1, 0.15) is 5.75 Å². The molecular weight excluding hydrogens is 414 g/mol. The number of nitrogens with zero attached hydrogens (tertiary/aromatic N) is 5. The molecule has 5 N–H and O–H groups in total. The van der Waals surface area contributed by atoms with Crippen molar-refractivity contribution in [2.45, 2.75) is 50.6 Å². The van der Waals surface area contributed by atoms with Gasteiger partial charge in [0.25, 0.3) is 0 Å². The van der Waals surface area contributed by atoms with Crippen LogP contribution >= 0.6 is 0 Å². The minimum atomic E-state index is 0.168. The van der Waals surface area contributed by atoms with Gasteiger partial charge in [0, 0.05) is 42.0 Å². The van der Waals surface area contributed by atoms with Crippen LogP contribution in [-0.4, -0.2) is 55.7 Å². The van der Waals surface area contributed by atoms with Gasteiger partial charge in [-0.25, -0.2) is 0 Å². The predicted octanol–water partition coefficient (Wildman–Crippen LogP) is 3.45. The van der Waals surface area contributed by atoms with Crippen LogP contribution in [0, 0.1) is 5.92 Å². The van der Waals surface area contributed by atoms with E-state index >= 15 is 0 Å². The summed E-state index contributed by atoms with van der Waals surface area (Å²) in [6, 6.07) is 10.1. The van der Waals surface area contributed by atoms with Crippen molar-refractivity contribution < 1.29 is 5.11 Å². The molecule has 2 aromatic heterocycles. The second kappa shape index (κ2) is 9.49. The molecule has 1 aliphatic heterocycles. The van der Waals surface area contributed by atoms with Crippen molar-refractivity contribution in [1.82, 2.24) is 24.9 Å². The fraction of sp³-hybridized carbons (Fsp3) is 0.480. The zero-order valence-corrected chi connectivity index (χ0v) is 19.0. The molecule has 0 amide bonds. The fourth-order valence-electron chi connectivity index (χ4n) is 5.39. The van der Waals surface area contributed by atoms with E-state index in [9.17, 15) is 5.11 Å². The lowest BCUT2D eigenvalue weighted by Crippen LogP contribution is -2.44. The zero-order valence-electron chi connectivity index (χ0n) is 19.0. The van der Waals surface area contributed by atoms with Crippen LogP contribution in [0.4, 0.5) is 5.82 Å². The van der Waals surface area contributed by atoms with Gasteiger partial charge in [0.2, 0.25) is 0 Å². The molecule has 0 unspecified atom stereocenters. The first-order chi connectivity index (χ1) is 16.1. The van der Waals surface area contributed by atoms with E-state index in [2.05, 4.69) is 31.1 Å². The standard InChI is InChI=1S/C25H33N7O/c26-14-17-5-7-19(8-6-17)31-11-9-20(10-12-31)32-16-18(15-28-32)22-13-23(29-30-25(22)27)21-3-1-2-4-24(21)33/h1-4,13,15-17,19-20,33H,5-12,14,26H2,(H2,27,30). The molecule has 3 aromatic rings. The number of aromatic nitrogens is 4. The maximum absolute atomic E-state index is 10.2. The van der Waals surface area contributed by atoms with Gasteiger partial charge in [-0.05, 0) is 69.2 Å². The van der Waals surface area contributed by atoms with Crippen LogP contribution < -0.4 is 11.5 Å². The van der Waals surface area contributed by atoms with E-state index in [0.717, 1.165) is 55.6 Å². The van der Waals surface area contributed by atoms with E-state index in [0.29, 0.717) is 23.1 Å². The Morgan fingerprint density at radius 1 is 0.939 bits per heavy atom. The maximum Gasteiger partial charge on any atom is 0.154 e. The molecule has 2 aliphatic rings. The number of hydrogen-bond donors (Lipinski definition) is 3. The van der Waals surface area contributed by atoms with Crippen molar-refractivity contribution in [3.63, 3.8) is 0 Å². The summed E-state index contributed by atoms with van der Waals surface area (Å²) in [6.07, 6.45) is 11.2. The monoisotopic (exact) mass is 447 g/mol. The first-order valence-electron chi connectivity index (χ1n) is 12.0. The average molecular weight is 448 g/mol. The Balaban J connectivity index is 1.27. The summed E-state index contributed by atoms with van der Waals surface area (Å²) in [4.78, 5) is 2.68. The van der Waals surface area contributed by atoms with Crippen LogP contribution in [0.1, 0.15) is 44.6 Å². The molecule has 2 fully saturated rings. The summed E-state index contributed by atoms with van der Waals surface area (Å²) in [5.41, 5.74) is 14.9. The Kier molecular flexibility index (Phi) is 6.28. The third-order valence-electron chi connectivity index (χ3n) is 7.45. The first-order valence-corrected chi connectivity index (χ1v) is 12.0. The van der Waals surface area contributed by atoms with Crippen LogP contribution in [0.5, 0.6) is 5.75 Å². The van der Waals surface area contributed by atoms with Crippen molar-refractivity contribution in [1.29, 1.82) is 0 Å². The van der Waals surface area contributed by atoms with E-state index in [4.69, 9.17) is 11.5 Å². The van der Waals surface area contributed by atoms with Gasteiger partial charge in [-0.3, -0.25) is 4.68 Å². The molecule has 0 radical (unpaired) electrons. The van der Waals surface area contributed by atoms with E-state index < -0.39 is 0 Å². The molecule has 3 heterocycles. The second-order valence-corrected chi connectivity index (χ2v) is 9.43. The third kappa shape index (κ3) is 4.58. The summed E-state index contributed by atoms with van der Waals surface area (Å²) >= 11 is 0. The number of nitrogen functional groups attached to an aromatic ring is 1. The number of hydrogen-bond acceptors (Lipinski definition) is 7. The quantitative estimate of drug-likeness (QED) is 0.548. The number of nitrogens with two attached hydrogens (primary N) is 2. The summed E-state index contributed by atoms with van der Waals surface area (Å²) in [5, 5.41) is 23.2. The zero-order chi connectivity index (χ0) is 22.8. The van der Waals surface area contributed by atoms with E-state index in [1.165, 1.54) is 25.7 Å². The molecule has 1 aromatic carbocycles. The lowest BCUT2D eigenvalue weighted by molar-refractivity contribution is 0.0948. The van der Waals surface area contributed by atoms with Crippen molar-refractivity contribution in [3.8, 4) is 28.1 Å². The summed E-state index contributed by atoms with van der Waals surface area (Å²) in [6.45, 7) is 3.07. The fourth-order valence-corrected chi connectivity index (χ4v) is 5.39. The van der Waals surface area contributed by atoms with Gasteiger partial charge in [0.05, 0.1) is 17.9 Å². The first kappa shape index (κ1) is 21.9. The lowest BCUT2D eigenvalue weighted by atomic mass is 9.84. The predicted molar refractivity (Wildman–Crippen MR) is 129 cm³/mol. The molecule has 0 atom stereocenters. The molecule has 8 heteroatoms. The molecule has 1 aliphatic carbocycles. The topological polar surface area (TPSA) is 119 Å². The van der Waals surface area contributed by atoms with Crippen molar-refractivity contribution in [3.05, 3.63) is 42.7 Å². The summed E-state index contributed by atoms with van der Waals surface area (Å²) in [7, 11) is 0. The molecule has 5 rings (SSSR count). The van der Waals surface area contributed by atoms with Crippen molar-refractivity contribution >= 4 is 5.82 Å². The lowest BCUT2D eigenvalue weighted by Gasteiger charge is -2.40. The van der Waals surface area contributed by atoms with Crippen LogP contribution in [0.15, 0.2) is 42.7 Å². The number of aromatic hydroxyl groups is 1. The average Bonchev–Trinajstić information content (AvgIpc) is 3.35. The molecule has 1 saturated heterocycles. The number of phenolic OH excluding ortho intramolecular Hbond substituents is 1. The Labute approximate surface area is 194 Å². The van der Waals surface area contributed by atoms with Gasteiger partial charge in [-0.15, -0.1) is 10.2 Å². The van der Waals surface area contributed by atoms with Gasteiger partial charge in [-0.2, -0.15) is 5.10 Å². The normalized spacial score (nSPS) is 22.5. The summed E-state index contributed by atoms with van der Waals surface area (Å²) < 4.78 is 2.08. The van der Waals surface area contributed by atoms with Crippen molar-refractivity contribution in [2.75, 3.05) is 25.4 Å². The van der Waals surface area contributed by atoms with E-state index in [1.807, 2.05) is 24.4 Å². The summed E-state index contributed by atoms with van der Waals surface area (Å²) in [5.74, 6) is 1.25. The number of rotatable bonds is 5. The van der Waals surface area contributed by atoms with Crippen molar-refractivity contribution in [2.24, 2.45) is 11.7 Å². The largest absolute Gasteiger partial charge is 0.507 e. The molecule has 174 valence electrons. The van der Waals surface area contributed by atoms with Crippen LogP contribution in [-0.2, 0) is 0 Å². The number of para-hydroxylation sites is 1. The minimum absolute atomic E-state index is 0.168. The highest BCUT2D eigenvalue weighted by Crippen LogP contribution is 2.34. The third-order valence-corrected chi connectivity index (χ3v) is 7.45. The number of piperidine rings is 1. The Morgan fingerprint density at radius 3 is 2.42 bits per heavy atom. The van der Waals surface area contributed by atoms with Gasteiger partial charge in [0.15, 0.2) is 5.82 Å². The highest BCUT2D eigenvalue weighted by molar-refractivity contribution is 5.78. The Morgan fingerprint density at radius 2 is 1.70 bits per heavy atom. The highest BCUT2D eigenvalue weighted by atomic mass is 16.3.